The van der Waals surface area contributed by atoms with E-state index in [2.05, 4.69) is 5.32 Å². The van der Waals surface area contributed by atoms with E-state index in [1.165, 1.54) is 31.7 Å². The summed E-state index contributed by atoms with van der Waals surface area (Å²) in [6.45, 7) is 0. The molecule has 0 amide bonds. The second-order valence-corrected chi connectivity index (χ2v) is 5.45. The highest BCUT2D eigenvalue weighted by Crippen LogP contribution is 2.35. The molecule has 1 aliphatic rings. The minimum absolute atomic E-state index is 0.265. The fraction of sp³-hybridized carbons (Fsp3) is 0.500. The fourth-order valence-electron chi connectivity index (χ4n) is 3.22. The highest BCUT2D eigenvalue weighted by atomic mass is 19.1. The topological polar surface area (TPSA) is 25.2 Å². The van der Waals surface area contributed by atoms with Gasteiger partial charge in [-0.1, -0.05) is 31.4 Å². The molecule has 3 rings (SSSR count). The van der Waals surface area contributed by atoms with Crippen molar-refractivity contribution < 1.29 is 8.81 Å². The molecule has 1 saturated carbocycles. The summed E-state index contributed by atoms with van der Waals surface area (Å²) < 4.78 is 19.5. The van der Waals surface area contributed by atoms with Crippen molar-refractivity contribution in [2.45, 2.75) is 44.1 Å². The average Bonchev–Trinajstić information content (AvgIpc) is 2.71. The van der Waals surface area contributed by atoms with Crippen LogP contribution in [-0.2, 0) is 0 Å². The van der Waals surface area contributed by atoms with E-state index < -0.39 is 0 Å². The fourth-order valence-corrected chi connectivity index (χ4v) is 3.22. The predicted molar refractivity (Wildman–Crippen MR) is 74.8 cm³/mol. The van der Waals surface area contributed by atoms with Crippen LogP contribution in [0.3, 0.4) is 0 Å². The zero-order valence-corrected chi connectivity index (χ0v) is 11.3. The zero-order chi connectivity index (χ0) is 13.2. The average molecular weight is 261 g/mol. The Morgan fingerprint density at radius 1 is 1.21 bits per heavy atom. The van der Waals surface area contributed by atoms with E-state index in [1.54, 1.807) is 6.07 Å². The lowest BCUT2D eigenvalue weighted by Crippen LogP contribution is -2.31. The maximum Gasteiger partial charge on any atom is 0.169 e. The van der Waals surface area contributed by atoms with Gasteiger partial charge in [-0.3, -0.25) is 0 Å². The highest BCUT2D eigenvalue weighted by molar-refractivity contribution is 5.78. The number of fused-ring (bicyclic) bond motifs is 1. The van der Waals surface area contributed by atoms with Crippen LogP contribution in [0.5, 0.6) is 0 Å². The number of rotatable bonds is 2. The lowest BCUT2D eigenvalue weighted by molar-refractivity contribution is 0.377. The van der Waals surface area contributed by atoms with Crippen molar-refractivity contribution in [3.63, 3.8) is 0 Å². The van der Waals surface area contributed by atoms with Gasteiger partial charge in [-0.2, -0.15) is 0 Å². The number of hydrogen-bond acceptors (Lipinski definition) is 2. The normalized spacial score (nSPS) is 24.5. The van der Waals surface area contributed by atoms with Crippen molar-refractivity contribution in [1.82, 2.24) is 5.32 Å². The largest absolute Gasteiger partial charge is 0.458 e. The third-order valence-electron chi connectivity index (χ3n) is 4.27. The summed E-state index contributed by atoms with van der Waals surface area (Å²) in [6, 6.07) is 7.55. The lowest BCUT2D eigenvalue weighted by atomic mass is 9.92. The van der Waals surface area contributed by atoms with E-state index in [0.717, 1.165) is 17.6 Å². The molecule has 1 aromatic heterocycles. The van der Waals surface area contributed by atoms with Crippen LogP contribution in [0, 0.1) is 5.82 Å². The molecule has 0 bridgehead atoms. The Labute approximate surface area is 113 Å². The van der Waals surface area contributed by atoms with Crippen LogP contribution in [0.1, 0.15) is 43.8 Å². The van der Waals surface area contributed by atoms with Crippen LogP contribution in [0.2, 0.25) is 0 Å². The molecule has 102 valence electrons. The molecule has 2 atom stereocenters. The van der Waals surface area contributed by atoms with Gasteiger partial charge in [0.05, 0.1) is 0 Å². The first-order valence-electron chi connectivity index (χ1n) is 7.15. The van der Waals surface area contributed by atoms with E-state index in [-0.39, 0.29) is 5.82 Å². The summed E-state index contributed by atoms with van der Waals surface area (Å²) in [4.78, 5) is 0. The quantitative estimate of drug-likeness (QED) is 0.819. The van der Waals surface area contributed by atoms with E-state index in [0.29, 0.717) is 17.5 Å². The van der Waals surface area contributed by atoms with Gasteiger partial charge in [-0.25, -0.2) is 4.39 Å². The summed E-state index contributed by atoms with van der Waals surface area (Å²) in [7, 11) is 2.01. The van der Waals surface area contributed by atoms with Gasteiger partial charge in [-0.05, 0) is 32.0 Å². The van der Waals surface area contributed by atoms with Gasteiger partial charge in [0.15, 0.2) is 11.4 Å². The standard InChI is InChI=1S/C16H20FNO/c1-18-14-9-4-2-3-7-12(14)15-10-11-6-5-8-13(17)16(11)19-15/h5-6,8,10,12,14,18H,2-4,7,9H2,1H3. The summed E-state index contributed by atoms with van der Waals surface area (Å²) in [5, 5.41) is 4.27. The molecule has 3 heteroatoms. The molecule has 1 fully saturated rings. The number of halogens is 1. The zero-order valence-electron chi connectivity index (χ0n) is 11.3. The van der Waals surface area contributed by atoms with Crippen LogP contribution in [0.25, 0.3) is 11.0 Å². The van der Waals surface area contributed by atoms with Crippen molar-refractivity contribution in [2.24, 2.45) is 0 Å². The third-order valence-corrected chi connectivity index (χ3v) is 4.27. The summed E-state index contributed by atoms with van der Waals surface area (Å²) in [5.41, 5.74) is 0.400. The number of para-hydroxylation sites is 1. The number of hydrogen-bond donors (Lipinski definition) is 1. The molecule has 0 spiro atoms. The van der Waals surface area contributed by atoms with Gasteiger partial charge in [0.2, 0.25) is 0 Å². The summed E-state index contributed by atoms with van der Waals surface area (Å²) in [6.07, 6.45) is 6.05. The smallest absolute Gasteiger partial charge is 0.169 e. The molecular weight excluding hydrogens is 241 g/mol. The van der Waals surface area contributed by atoms with Crippen LogP contribution < -0.4 is 5.32 Å². The Hall–Kier alpha value is -1.35. The molecule has 19 heavy (non-hydrogen) atoms. The Morgan fingerprint density at radius 2 is 2.05 bits per heavy atom. The Balaban J connectivity index is 1.99. The van der Waals surface area contributed by atoms with Crippen LogP contribution >= 0.6 is 0 Å². The first-order chi connectivity index (χ1) is 9.29. The predicted octanol–water partition coefficient (Wildman–Crippen LogP) is 4.21. The molecule has 2 unspecified atom stereocenters. The van der Waals surface area contributed by atoms with Crippen molar-refractivity contribution in [3.05, 3.63) is 35.8 Å². The molecule has 0 radical (unpaired) electrons. The van der Waals surface area contributed by atoms with E-state index >= 15 is 0 Å². The van der Waals surface area contributed by atoms with Gasteiger partial charge in [-0.15, -0.1) is 0 Å². The molecular formula is C16H20FNO. The Morgan fingerprint density at radius 3 is 2.84 bits per heavy atom. The number of benzene rings is 1. The molecule has 1 aliphatic carbocycles. The molecule has 1 aromatic carbocycles. The second-order valence-electron chi connectivity index (χ2n) is 5.45. The molecule has 1 N–H and O–H groups in total. The number of likely N-dealkylation sites (N-methyl/N-ethyl adjacent to an activating group) is 1. The van der Waals surface area contributed by atoms with Crippen molar-refractivity contribution in [1.29, 1.82) is 0 Å². The second kappa shape index (κ2) is 5.33. The molecule has 2 aromatic rings. The van der Waals surface area contributed by atoms with Crippen LogP contribution in [0.4, 0.5) is 4.39 Å². The van der Waals surface area contributed by atoms with Gasteiger partial charge in [0, 0.05) is 17.3 Å². The maximum absolute atomic E-state index is 13.7. The van der Waals surface area contributed by atoms with Gasteiger partial charge in [0.1, 0.15) is 5.76 Å². The van der Waals surface area contributed by atoms with E-state index in [9.17, 15) is 4.39 Å². The number of furan rings is 1. The molecule has 0 aliphatic heterocycles. The minimum atomic E-state index is -0.265. The minimum Gasteiger partial charge on any atom is -0.458 e. The van der Waals surface area contributed by atoms with E-state index in [4.69, 9.17) is 4.42 Å². The Bertz CT molecular complexity index is 563. The van der Waals surface area contributed by atoms with Gasteiger partial charge >= 0.3 is 0 Å². The Kier molecular flexibility index (Phi) is 3.56. The summed E-state index contributed by atoms with van der Waals surface area (Å²) >= 11 is 0. The molecule has 0 saturated heterocycles. The molecule has 2 nitrogen and oxygen atoms in total. The van der Waals surface area contributed by atoms with Crippen molar-refractivity contribution in [2.75, 3.05) is 7.05 Å². The number of nitrogens with one attached hydrogen (secondary N) is 1. The monoisotopic (exact) mass is 261 g/mol. The maximum atomic E-state index is 13.7. The van der Waals surface area contributed by atoms with Crippen LogP contribution in [0.15, 0.2) is 28.7 Å². The van der Waals surface area contributed by atoms with Crippen LogP contribution in [-0.4, -0.2) is 13.1 Å². The lowest BCUT2D eigenvalue weighted by Gasteiger charge is -2.22. The van der Waals surface area contributed by atoms with Crippen molar-refractivity contribution >= 4 is 11.0 Å². The first kappa shape index (κ1) is 12.7. The van der Waals surface area contributed by atoms with Gasteiger partial charge < -0.3 is 9.73 Å². The summed E-state index contributed by atoms with van der Waals surface area (Å²) in [5.74, 6) is 1.03. The SMILES string of the molecule is CNC1CCCCCC1c1cc2cccc(F)c2o1. The van der Waals surface area contributed by atoms with E-state index in [1.807, 2.05) is 19.2 Å². The third kappa shape index (κ3) is 2.39. The van der Waals surface area contributed by atoms with Gasteiger partial charge in [0.25, 0.3) is 0 Å². The first-order valence-corrected chi connectivity index (χ1v) is 7.15. The van der Waals surface area contributed by atoms with Crippen molar-refractivity contribution in [3.8, 4) is 0 Å². The highest BCUT2D eigenvalue weighted by Gasteiger charge is 2.27. The molecule has 1 heterocycles.